The van der Waals surface area contributed by atoms with E-state index in [0.29, 0.717) is 30.1 Å². The van der Waals surface area contributed by atoms with Crippen molar-refractivity contribution >= 4 is 11.7 Å². The molecule has 2 aromatic heterocycles. The average Bonchev–Trinajstić information content (AvgIpc) is 2.97. The molecule has 0 atom stereocenters. The van der Waals surface area contributed by atoms with Crippen molar-refractivity contribution in [2.45, 2.75) is 26.8 Å². The van der Waals surface area contributed by atoms with Gasteiger partial charge < -0.3 is 14.7 Å². The standard InChI is InChI=1S/C13H19N5O2/c1-5-11-12(9(2)16-20-11)15-13(19)17(3)7-10-6-14-18(4)8-10/h6,8H,5,7H2,1-4H3,(H,15,19). The molecule has 0 aliphatic carbocycles. The fourth-order valence-corrected chi connectivity index (χ4v) is 1.92. The average molecular weight is 277 g/mol. The molecule has 0 aliphatic rings. The predicted molar refractivity (Wildman–Crippen MR) is 74.3 cm³/mol. The summed E-state index contributed by atoms with van der Waals surface area (Å²) in [6, 6.07) is -0.199. The minimum absolute atomic E-state index is 0.199. The van der Waals surface area contributed by atoms with Gasteiger partial charge in [0.25, 0.3) is 0 Å². The van der Waals surface area contributed by atoms with Gasteiger partial charge >= 0.3 is 6.03 Å². The minimum atomic E-state index is -0.199. The maximum atomic E-state index is 12.2. The van der Waals surface area contributed by atoms with Crippen LogP contribution in [-0.2, 0) is 20.0 Å². The molecule has 0 fully saturated rings. The lowest BCUT2D eigenvalue weighted by Crippen LogP contribution is -2.31. The molecule has 108 valence electrons. The molecule has 1 N–H and O–H groups in total. The van der Waals surface area contributed by atoms with E-state index < -0.39 is 0 Å². The van der Waals surface area contributed by atoms with Crippen LogP contribution in [0.1, 0.15) is 23.9 Å². The maximum absolute atomic E-state index is 12.2. The second-order valence-corrected chi connectivity index (χ2v) is 4.73. The van der Waals surface area contributed by atoms with Gasteiger partial charge in [0.1, 0.15) is 11.4 Å². The molecule has 0 aliphatic heterocycles. The van der Waals surface area contributed by atoms with Crippen LogP contribution in [-0.4, -0.2) is 32.9 Å². The van der Waals surface area contributed by atoms with Gasteiger partial charge in [0.2, 0.25) is 0 Å². The number of carbonyl (C=O) groups excluding carboxylic acids is 1. The largest absolute Gasteiger partial charge is 0.359 e. The highest BCUT2D eigenvalue weighted by Gasteiger charge is 2.17. The van der Waals surface area contributed by atoms with Gasteiger partial charge in [0, 0.05) is 32.3 Å². The van der Waals surface area contributed by atoms with Crippen LogP contribution >= 0.6 is 0 Å². The second-order valence-electron chi connectivity index (χ2n) is 4.73. The molecule has 7 heteroatoms. The highest BCUT2D eigenvalue weighted by atomic mass is 16.5. The zero-order valence-electron chi connectivity index (χ0n) is 12.2. The Labute approximate surface area is 117 Å². The van der Waals surface area contributed by atoms with Crippen molar-refractivity contribution in [1.29, 1.82) is 0 Å². The quantitative estimate of drug-likeness (QED) is 0.926. The molecule has 0 aromatic carbocycles. The highest BCUT2D eigenvalue weighted by molar-refractivity contribution is 5.90. The van der Waals surface area contributed by atoms with E-state index in [9.17, 15) is 4.79 Å². The van der Waals surface area contributed by atoms with Crippen LogP contribution in [0.3, 0.4) is 0 Å². The van der Waals surface area contributed by atoms with E-state index >= 15 is 0 Å². The molecule has 2 amide bonds. The van der Waals surface area contributed by atoms with E-state index in [-0.39, 0.29) is 6.03 Å². The number of anilines is 1. The van der Waals surface area contributed by atoms with Gasteiger partial charge in [-0.05, 0) is 6.92 Å². The number of amides is 2. The molecule has 0 bridgehead atoms. The van der Waals surface area contributed by atoms with Gasteiger partial charge in [-0.3, -0.25) is 4.68 Å². The van der Waals surface area contributed by atoms with Gasteiger partial charge in [0.05, 0.1) is 12.7 Å². The normalized spacial score (nSPS) is 10.6. The van der Waals surface area contributed by atoms with Gasteiger partial charge in [-0.1, -0.05) is 12.1 Å². The van der Waals surface area contributed by atoms with Crippen LogP contribution in [0.15, 0.2) is 16.9 Å². The number of aromatic nitrogens is 3. The number of nitrogens with zero attached hydrogens (tertiary/aromatic N) is 4. The number of nitrogens with one attached hydrogen (secondary N) is 1. The Morgan fingerprint density at radius 3 is 2.90 bits per heavy atom. The summed E-state index contributed by atoms with van der Waals surface area (Å²) in [5, 5.41) is 10.8. The molecular formula is C13H19N5O2. The molecule has 0 unspecified atom stereocenters. The summed E-state index contributed by atoms with van der Waals surface area (Å²) in [7, 11) is 3.58. The van der Waals surface area contributed by atoms with Crippen LogP contribution in [0.5, 0.6) is 0 Å². The number of carbonyl (C=O) groups is 1. The summed E-state index contributed by atoms with van der Waals surface area (Å²) in [5.74, 6) is 0.686. The van der Waals surface area contributed by atoms with Crippen molar-refractivity contribution in [3.05, 3.63) is 29.4 Å². The topological polar surface area (TPSA) is 76.2 Å². The highest BCUT2D eigenvalue weighted by Crippen LogP contribution is 2.20. The van der Waals surface area contributed by atoms with Crippen molar-refractivity contribution in [3.63, 3.8) is 0 Å². The Bertz CT molecular complexity index is 602. The monoisotopic (exact) mass is 277 g/mol. The number of aryl methyl sites for hydroxylation is 3. The summed E-state index contributed by atoms with van der Waals surface area (Å²) < 4.78 is 6.86. The Hall–Kier alpha value is -2.31. The number of urea groups is 1. The van der Waals surface area contributed by atoms with E-state index in [1.54, 1.807) is 29.7 Å². The fraction of sp³-hybridized carbons (Fsp3) is 0.462. The third-order valence-corrected chi connectivity index (χ3v) is 3.01. The zero-order valence-corrected chi connectivity index (χ0v) is 12.2. The van der Waals surface area contributed by atoms with E-state index in [4.69, 9.17) is 4.52 Å². The first-order valence-electron chi connectivity index (χ1n) is 6.46. The van der Waals surface area contributed by atoms with Gasteiger partial charge in [-0.2, -0.15) is 5.10 Å². The van der Waals surface area contributed by atoms with Crippen LogP contribution in [0.2, 0.25) is 0 Å². The molecular weight excluding hydrogens is 258 g/mol. The fourth-order valence-electron chi connectivity index (χ4n) is 1.92. The molecule has 0 saturated heterocycles. The summed E-state index contributed by atoms with van der Waals surface area (Å²) in [4.78, 5) is 13.7. The third-order valence-electron chi connectivity index (χ3n) is 3.01. The predicted octanol–water partition coefficient (Wildman–Crippen LogP) is 1.94. The molecule has 0 spiro atoms. The number of rotatable bonds is 4. The van der Waals surface area contributed by atoms with Crippen molar-refractivity contribution in [2.24, 2.45) is 7.05 Å². The van der Waals surface area contributed by atoms with Crippen molar-refractivity contribution in [2.75, 3.05) is 12.4 Å². The Kier molecular flexibility index (Phi) is 4.07. The summed E-state index contributed by atoms with van der Waals surface area (Å²) in [6.45, 7) is 4.25. The number of hydrogen-bond acceptors (Lipinski definition) is 4. The zero-order chi connectivity index (χ0) is 14.7. The lowest BCUT2D eigenvalue weighted by molar-refractivity contribution is 0.220. The first kappa shape index (κ1) is 14.1. The van der Waals surface area contributed by atoms with E-state index in [1.165, 1.54) is 0 Å². The minimum Gasteiger partial charge on any atom is -0.359 e. The summed E-state index contributed by atoms with van der Waals surface area (Å²) >= 11 is 0. The van der Waals surface area contributed by atoms with Crippen LogP contribution < -0.4 is 5.32 Å². The summed E-state index contributed by atoms with van der Waals surface area (Å²) in [5.41, 5.74) is 2.32. The molecule has 7 nitrogen and oxygen atoms in total. The lowest BCUT2D eigenvalue weighted by atomic mass is 10.2. The number of hydrogen-bond donors (Lipinski definition) is 1. The van der Waals surface area contributed by atoms with E-state index in [0.717, 1.165) is 5.56 Å². The van der Waals surface area contributed by atoms with E-state index in [2.05, 4.69) is 15.6 Å². The molecule has 0 radical (unpaired) electrons. The first-order valence-corrected chi connectivity index (χ1v) is 6.46. The molecule has 20 heavy (non-hydrogen) atoms. The first-order chi connectivity index (χ1) is 9.51. The smallest absolute Gasteiger partial charge is 0.322 e. The van der Waals surface area contributed by atoms with Gasteiger partial charge in [-0.25, -0.2) is 4.79 Å². The molecule has 2 heterocycles. The summed E-state index contributed by atoms with van der Waals surface area (Å²) in [6.07, 6.45) is 4.31. The van der Waals surface area contributed by atoms with Gasteiger partial charge in [0.15, 0.2) is 5.76 Å². The second kappa shape index (κ2) is 5.77. The SMILES string of the molecule is CCc1onc(C)c1NC(=O)N(C)Cc1cnn(C)c1. The maximum Gasteiger partial charge on any atom is 0.322 e. The van der Waals surface area contributed by atoms with E-state index in [1.807, 2.05) is 20.2 Å². The Morgan fingerprint density at radius 2 is 2.30 bits per heavy atom. The molecule has 2 rings (SSSR count). The van der Waals surface area contributed by atoms with Crippen LogP contribution in [0.4, 0.5) is 10.5 Å². The molecule has 2 aromatic rings. The van der Waals surface area contributed by atoms with Crippen molar-refractivity contribution in [1.82, 2.24) is 19.8 Å². The Morgan fingerprint density at radius 1 is 1.55 bits per heavy atom. The molecule has 0 saturated carbocycles. The van der Waals surface area contributed by atoms with Crippen molar-refractivity contribution < 1.29 is 9.32 Å². The van der Waals surface area contributed by atoms with Crippen molar-refractivity contribution in [3.8, 4) is 0 Å². The van der Waals surface area contributed by atoms with Crippen LogP contribution in [0, 0.1) is 6.92 Å². The Balaban J connectivity index is 2.02. The lowest BCUT2D eigenvalue weighted by Gasteiger charge is -2.17. The third kappa shape index (κ3) is 2.98. The van der Waals surface area contributed by atoms with Crippen LogP contribution in [0.25, 0.3) is 0 Å². The van der Waals surface area contributed by atoms with Gasteiger partial charge in [-0.15, -0.1) is 0 Å².